The van der Waals surface area contributed by atoms with Gasteiger partial charge in [-0.2, -0.15) is 0 Å². The molecule has 1 aliphatic heterocycles. The van der Waals surface area contributed by atoms with Gasteiger partial charge in [0.2, 0.25) is 5.91 Å². The molecule has 2 heteroatoms. The second-order valence-corrected chi connectivity index (χ2v) is 2.03. The van der Waals surface area contributed by atoms with E-state index in [4.69, 9.17) is 0 Å². The minimum absolute atomic E-state index is 0.0671. The molecule has 1 aliphatic rings. The molecule has 0 fully saturated rings. The quantitative estimate of drug-likeness (QED) is 0.511. The maximum absolute atomic E-state index is 10.7. The molecule has 0 aliphatic carbocycles. The van der Waals surface area contributed by atoms with Gasteiger partial charge in [-0.3, -0.25) is 4.79 Å². The summed E-state index contributed by atoms with van der Waals surface area (Å²) in [6.07, 6.45) is 6.10. The summed E-state index contributed by atoms with van der Waals surface area (Å²) in [5, 5.41) is 2.70. The Bertz CT molecular complexity index is 179. The third-order valence-electron chi connectivity index (χ3n) is 1.12. The van der Waals surface area contributed by atoms with E-state index in [1.54, 1.807) is 0 Å². The van der Waals surface area contributed by atoms with Crippen LogP contribution in [0.25, 0.3) is 0 Å². The highest BCUT2D eigenvalue weighted by molar-refractivity contribution is 5.79. The van der Waals surface area contributed by atoms with Crippen LogP contribution in [0.1, 0.15) is 13.3 Å². The molecule has 0 aromatic rings. The van der Waals surface area contributed by atoms with Gasteiger partial charge in [-0.05, 0) is 13.0 Å². The number of carbonyl (C=O) groups is 1. The number of amides is 1. The van der Waals surface area contributed by atoms with Crippen LogP contribution in [0.3, 0.4) is 0 Å². The maximum atomic E-state index is 10.7. The molecule has 0 aromatic carbocycles. The van der Waals surface area contributed by atoms with Crippen LogP contribution < -0.4 is 5.32 Å². The highest BCUT2D eigenvalue weighted by Gasteiger charge is 1.99. The third kappa shape index (κ3) is 1.72. The lowest BCUT2D eigenvalue weighted by atomic mass is 10.4. The van der Waals surface area contributed by atoms with Crippen molar-refractivity contribution in [3.63, 3.8) is 0 Å². The Morgan fingerprint density at radius 3 is 3.22 bits per heavy atom. The Morgan fingerprint density at radius 1 is 1.67 bits per heavy atom. The van der Waals surface area contributed by atoms with Gasteiger partial charge in [-0.25, -0.2) is 0 Å². The molecule has 0 unspecified atom stereocenters. The van der Waals surface area contributed by atoms with Gasteiger partial charge in [0, 0.05) is 12.1 Å². The zero-order chi connectivity index (χ0) is 6.69. The smallest absolute Gasteiger partial charge is 0.227 e. The van der Waals surface area contributed by atoms with Gasteiger partial charge in [0.25, 0.3) is 0 Å². The lowest BCUT2D eigenvalue weighted by Gasteiger charge is -1.97. The minimum Gasteiger partial charge on any atom is -0.330 e. The summed E-state index contributed by atoms with van der Waals surface area (Å²) >= 11 is 0. The van der Waals surface area contributed by atoms with E-state index in [2.05, 4.69) is 5.32 Å². The molecule has 0 spiro atoms. The molecule has 0 saturated heterocycles. The molecule has 0 atom stereocenters. The predicted octanol–water partition coefficient (Wildman–Crippen LogP) is 0.966. The molecule has 0 radical (unpaired) electrons. The van der Waals surface area contributed by atoms with Crippen molar-refractivity contribution in [2.75, 3.05) is 0 Å². The van der Waals surface area contributed by atoms with Crippen molar-refractivity contribution >= 4 is 5.91 Å². The van der Waals surface area contributed by atoms with Crippen molar-refractivity contribution in [2.24, 2.45) is 0 Å². The van der Waals surface area contributed by atoms with Crippen LogP contribution in [0.4, 0.5) is 0 Å². The molecule has 1 amide bonds. The molecule has 0 saturated carbocycles. The summed E-state index contributed by atoms with van der Waals surface area (Å²) in [4.78, 5) is 10.7. The largest absolute Gasteiger partial charge is 0.330 e. The van der Waals surface area contributed by atoms with Crippen LogP contribution in [-0.4, -0.2) is 5.91 Å². The lowest BCUT2D eigenvalue weighted by molar-refractivity contribution is -0.119. The normalized spacial score (nSPS) is 18.3. The molecule has 1 rings (SSSR count). The fourth-order valence-electron chi connectivity index (χ4n) is 0.700. The van der Waals surface area contributed by atoms with E-state index in [1.807, 2.05) is 25.2 Å². The first-order valence-corrected chi connectivity index (χ1v) is 2.92. The van der Waals surface area contributed by atoms with Crippen LogP contribution in [0.5, 0.6) is 0 Å². The highest BCUT2D eigenvalue weighted by Crippen LogP contribution is 1.95. The van der Waals surface area contributed by atoms with E-state index in [9.17, 15) is 4.79 Å². The SMILES string of the molecule is CC1=CC=CCC(=O)N1. The van der Waals surface area contributed by atoms with Crippen molar-refractivity contribution in [3.8, 4) is 0 Å². The summed E-state index contributed by atoms with van der Waals surface area (Å²) in [6.45, 7) is 1.87. The summed E-state index contributed by atoms with van der Waals surface area (Å²) < 4.78 is 0. The Balaban J connectivity index is 2.69. The topological polar surface area (TPSA) is 29.1 Å². The molecule has 48 valence electrons. The van der Waals surface area contributed by atoms with Gasteiger partial charge < -0.3 is 5.32 Å². The number of hydrogen-bond donors (Lipinski definition) is 1. The first-order valence-electron chi connectivity index (χ1n) is 2.92. The average Bonchev–Trinajstić information content (AvgIpc) is 1.93. The monoisotopic (exact) mass is 123 g/mol. The van der Waals surface area contributed by atoms with Crippen LogP contribution in [0.2, 0.25) is 0 Å². The maximum Gasteiger partial charge on any atom is 0.227 e. The fourth-order valence-corrected chi connectivity index (χ4v) is 0.700. The van der Waals surface area contributed by atoms with Crippen LogP contribution in [0, 0.1) is 0 Å². The highest BCUT2D eigenvalue weighted by atomic mass is 16.1. The Kier molecular flexibility index (Phi) is 1.68. The van der Waals surface area contributed by atoms with Crippen LogP contribution in [-0.2, 0) is 4.79 Å². The van der Waals surface area contributed by atoms with E-state index >= 15 is 0 Å². The van der Waals surface area contributed by atoms with Crippen molar-refractivity contribution in [3.05, 3.63) is 23.9 Å². The molecule has 1 N–H and O–H groups in total. The second kappa shape index (κ2) is 2.49. The number of allylic oxidation sites excluding steroid dienone is 3. The van der Waals surface area contributed by atoms with E-state index < -0.39 is 0 Å². The Labute approximate surface area is 54.3 Å². The molecule has 2 nitrogen and oxygen atoms in total. The number of nitrogens with one attached hydrogen (secondary N) is 1. The van der Waals surface area contributed by atoms with Crippen molar-refractivity contribution < 1.29 is 4.79 Å². The summed E-state index contributed by atoms with van der Waals surface area (Å²) in [5.74, 6) is 0.0671. The zero-order valence-corrected chi connectivity index (χ0v) is 5.35. The van der Waals surface area contributed by atoms with Crippen molar-refractivity contribution in [1.29, 1.82) is 0 Å². The summed E-state index contributed by atoms with van der Waals surface area (Å²) in [6, 6.07) is 0. The van der Waals surface area contributed by atoms with E-state index in [1.165, 1.54) is 0 Å². The van der Waals surface area contributed by atoms with Crippen molar-refractivity contribution in [1.82, 2.24) is 5.32 Å². The predicted molar refractivity (Wildman–Crippen MR) is 35.7 cm³/mol. The van der Waals surface area contributed by atoms with Crippen LogP contribution in [0.15, 0.2) is 23.9 Å². The standard InChI is InChI=1S/C7H9NO/c1-6-4-2-3-5-7(9)8-6/h2-4H,5H2,1H3,(H,8,9). The lowest BCUT2D eigenvalue weighted by Crippen LogP contribution is -2.18. The zero-order valence-electron chi connectivity index (χ0n) is 5.35. The van der Waals surface area contributed by atoms with Gasteiger partial charge in [0.15, 0.2) is 0 Å². The third-order valence-corrected chi connectivity index (χ3v) is 1.12. The number of rotatable bonds is 0. The average molecular weight is 123 g/mol. The van der Waals surface area contributed by atoms with E-state index in [0.717, 1.165) is 5.70 Å². The fraction of sp³-hybridized carbons (Fsp3) is 0.286. The number of hydrogen-bond acceptors (Lipinski definition) is 1. The van der Waals surface area contributed by atoms with E-state index in [-0.39, 0.29) is 5.91 Å². The summed E-state index contributed by atoms with van der Waals surface area (Å²) in [5.41, 5.74) is 0.911. The van der Waals surface area contributed by atoms with Gasteiger partial charge in [0.05, 0.1) is 0 Å². The van der Waals surface area contributed by atoms with Gasteiger partial charge >= 0.3 is 0 Å². The minimum atomic E-state index is 0.0671. The molecule has 1 heterocycles. The Hall–Kier alpha value is -1.05. The second-order valence-electron chi connectivity index (χ2n) is 2.03. The van der Waals surface area contributed by atoms with Gasteiger partial charge in [-0.1, -0.05) is 12.2 Å². The van der Waals surface area contributed by atoms with Crippen LogP contribution >= 0.6 is 0 Å². The van der Waals surface area contributed by atoms with E-state index in [0.29, 0.717) is 6.42 Å². The molecule has 0 bridgehead atoms. The van der Waals surface area contributed by atoms with Crippen molar-refractivity contribution in [2.45, 2.75) is 13.3 Å². The summed E-state index contributed by atoms with van der Waals surface area (Å²) in [7, 11) is 0. The first-order chi connectivity index (χ1) is 4.29. The molecule has 0 aromatic heterocycles. The number of carbonyl (C=O) groups excluding carboxylic acids is 1. The first kappa shape index (κ1) is 6.08. The molecular formula is C7H9NO. The van der Waals surface area contributed by atoms with Gasteiger partial charge in [0.1, 0.15) is 0 Å². The van der Waals surface area contributed by atoms with Gasteiger partial charge in [-0.15, -0.1) is 0 Å². The molecular weight excluding hydrogens is 114 g/mol. The Morgan fingerprint density at radius 2 is 2.44 bits per heavy atom. The molecule has 9 heavy (non-hydrogen) atoms.